The molecule has 2 aromatic rings. The van der Waals surface area contributed by atoms with E-state index in [0.717, 1.165) is 11.1 Å². The van der Waals surface area contributed by atoms with Gasteiger partial charge in [0.25, 0.3) is 5.91 Å². The van der Waals surface area contributed by atoms with Crippen LogP contribution in [0.4, 0.5) is 4.39 Å². The Morgan fingerprint density at radius 3 is 2.62 bits per heavy atom. The van der Waals surface area contributed by atoms with Gasteiger partial charge in [0.15, 0.2) is 11.9 Å². The van der Waals surface area contributed by atoms with Gasteiger partial charge in [0.05, 0.1) is 5.71 Å². The molecule has 0 saturated heterocycles. The highest BCUT2D eigenvalue weighted by atomic mass is 19.1. The van der Waals surface area contributed by atoms with Gasteiger partial charge in [-0.15, -0.1) is 0 Å². The van der Waals surface area contributed by atoms with Crippen molar-refractivity contribution in [1.29, 1.82) is 0 Å². The summed E-state index contributed by atoms with van der Waals surface area (Å²) in [5, 5.41) is 2.79. The smallest absolute Gasteiger partial charge is 0.312 e. The van der Waals surface area contributed by atoms with Crippen molar-refractivity contribution in [2.75, 3.05) is 0 Å². The number of benzene rings is 2. The van der Waals surface area contributed by atoms with Crippen LogP contribution in [0.5, 0.6) is 0 Å². The summed E-state index contributed by atoms with van der Waals surface area (Å²) in [7, 11) is 0. The maximum Gasteiger partial charge on any atom is 0.312 e. The summed E-state index contributed by atoms with van der Waals surface area (Å²) in [6, 6.07) is 12.7. The Labute approximate surface area is 166 Å². The molecule has 1 aliphatic carbocycles. The van der Waals surface area contributed by atoms with Crippen LogP contribution in [0.15, 0.2) is 83.6 Å². The minimum atomic E-state index is -0.433. The zero-order valence-electron chi connectivity index (χ0n) is 15.3. The quantitative estimate of drug-likeness (QED) is 0.814. The monoisotopic (exact) mass is 388 g/mol. The second kappa shape index (κ2) is 8.06. The van der Waals surface area contributed by atoms with Crippen molar-refractivity contribution >= 4 is 23.6 Å². The van der Waals surface area contributed by atoms with E-state index in [9.17, 15) is 14.0 Å². The summed E-state index contributed by atoms with van der Waals surface area (Å²) < 4.78 is 18.6. The van der Waals surface area contributed by atoms with Crippen molar-refractivity contribution in [2.45, 2.75) is 12.6 Å². The van der Waals surface area contributed by atoms with Crippen LogP contribution < -0.4 is 5.32 Å². The third-order valence-electron chi connectivity index (χ3n) is 4.49. The van der Waals surface area contributed by atoms with Gasteiger partial charge in [-0.25, -0.2) is 9.38 Å². The summed E-state index contributed by atoms with van der Waals surface area (Å²) in [5.41, 5.74) is 2.59. The van der Waals surface area contributed by atoms with Gasteiger partial charge in [-0.2, -0.15) is 0 Å². The summed E-state index contributed by atoms with van der Waals surface area (Å²) in [4.78, 5) is 28.5. The molecular weight excluding hydrogens is 371 g/mol. The third-order valence-corrected chi connectivity index (χ3v) is 4.49. The summed E-state index contributed by atoms with van der Waals surface area (Å²) >= 11 is 0. The topological polar surface area (TPSA) is 67.8 Å². The number of rotatable bonds is 4. The molecule has 1 atom stereocenters. The predicted molar refractivity (Wildman–Crippen MR) is 108 cm³/mol. The number of hydrogen-bond donors (Lipinski definition) is 1. The van der Waals surface area contributed by atoms with E-state index in [1.54, 1.807) is 54.6 Å². The van der Waals surface area contributed by atoms with Crippen LogP contribution in [0.2, 0.25) is 0 Å². The van der Waals surface area contributed by atoms with Crippen molar-refractivity contribution in [2.24, 2.45) is 4.99 Å². The molecule has 0 saturated carbocycles. The number of aliphatic imine (C=N–C) groups is 1. The number of carbonyl (C=O) groups is 2. The molecule has 0 fully saturated rings. The maximum atomic E-state index is 12.9. The summed E-state index contributed by atoms with van der Waals surface area (Å²) in [6.07, 6.45) is 8.47. The number of amides is 2. The second-order valence-electron chi connectivity index (χ2n) is 6.56. The Kier molecular flexibility index (Phi) is 5.16. The Morgan fingerprint density at radius 2 is 1.86 bits per heavy atom. The van der Waals surface area contributed by atoms with Crippen molar-refractivity contribution in [3.05, 3.63) is 101 Å². The molecule has 4 rings (SSSR count). The third kappa shape index (κ3) is 4.38. The fourth-order valence-electron chi connectivity index (χ4n) is 2.94. The van der Waals surface area contributed by atoms with Crippen molar-refractivity contribution in [1.82, 2.24) is 5.32 Å². The van der Waals surface area contributed by atoms with Gasteiger partial charge in [0.2, 0.25) is 0 Å². The van der Waals surface area contributed by atoms with Gasteiger partial charge in [-0.1, -0.05) is 36.4 Å². The second-order valence-corrected chi connectivity index (χ2v) is 6.56. The molecule has 2 aromatic carbocycles. The molecule has 29 heavy (non-hydrogen) atoms. The molecule has 0 radical (unpaired) electrons. The number of ether oxygens (including phenoxy) is 1. The first-order chi connectivity index (χ1) is 14.1. The van der Waals surface area contributed by atoms with E-state index < -0.39 is 5.91 Å². The molecule has 144 valence electrons. The van der Waals surface area contributed by atoms with Crippen LogP contribution in [0.1, 0.15) is 21.5 Å². The fraction of sp³-hybridized carbons (Fsp3) is 0.0870. The largest absolute Gasteiger partial charge is 0.474 e. The van der Waals surface area contributed by atoms with Crippen molar-refractivity contribution in [3.63, 3.8) is 0 Å². The van der Waals surface area contributed by atoms with E-state index in [2.05, 4.69) is 10.3 Å². The van der Waals surface area contributed by atoms with Crippen LogP contribution >= 0.6 is 0 Å². The molecule has 1 unspecified atom stereocenters. The zero-order chi connectivity index (χ0) is 20.2. The van der Waals surface area contributed by atoms with Gasteiger partial charge in [0.1, 0.15) is 5.82 Å². The molecule has 1 N–H and O–H groups in total. The highest BCUT2D eigenvalue weighted by Crippen LogP contribution is 2.20. The first-order valence-corrected chi connectivity index (χ1v) is 9.07. The van der Waals surface area contributed by atoms with Crippen LogP contribution in [0, 0.1) is 5.82 Å². The molecule has 2 aliphatic rings. The number of halogens is 1. The van der Waals surface area contributed by atoms with Crippen molar-refractivity contribution < 1.29 is 18.7 Å². The number of allylic oxidation sites excluding steroid dienone is 2. The molecule has 0 spiro atoms. The summed E-state index contributed by atoms with van der Waals surface area (Å²) in [6.45, 7) is 0.303. The Hall–Kier alpha value is -3.80. The van der Waals surface area contributed by atoms with Crippen LogP contribution in [0.3, 0.4) is 0 Å². The van der Waals surface area contributed by atoms with Gasteiger partial charge in [-0.05, 0) is 53.6 Å². The number of fused-ring (bicyclic) bond motifs is 1. The first-order valence-electron chi connectivity index (χ1n) is 9.07. The highest BCUT2D eigenvalue weighted by Gasteiger charge is 2.26. The summed E-state index contributed by atoms with van der Waals surface area (Å²) in [5.74, 6) is -0.834. The molecule has 1 aliphatic heterocycles. The van der Waals surface area contributed by atoms with Gasteiger partial charge >= 0.3 is 5.91 Å². The minimum Gasteiger partial charge on any atom is -0.474 e. The lowest BCUT2D eigenvalue weighted by atomic mass is 10.1. The lowest BCUT2D eigenvalue weighted by Gasteiger charge is -2.22. The SMILES string of the molecule is O=C1N=C2C=CC=CC2O/C1=C\c1ccc(C(=O)NCc2ccc(F)cc2)cc1. The molecule has 5 nitrogen and oxygen atoms in total. The van der Waals surface area contributed by atoms with E-state index in [4.69, 9.17) is 4.74 Å². The first kappa shape index (κ1) is 18.6. The number of hydrogen-bond acceptors (Lipinski definition) is 3. The molecule has 2 amide bonds. The molecule has 6 heteroatoms. The lowest BCUT2D eigenvalue weighted by molar-refractivity contribution is -0.118. The molecular formula is C23H17FN2O3. The predicted octanol–water partition coefficient (Wildman–Crippen LogP) is 3.59. The van der Waals surface area contributed by atoms with Gasteiger partial charge in [0, 0.05) is 12.1 Å². The van der Waals surface area contributed by atoms with Crippen LogP contribution in [0.25, 0.3) is 6.08 Å². The molecule has 0 bridgehead atoms. The van der Waals surface area contributed by atoms with E-state index >= 15 is 0 Å². The average molecular weight is 388 g/mol. The van der Waals surface area contributed by atoms with E-state index in [0.29, 0.717) is 17.8 Å². The van der Waals surface area contributed by atoms with Gasteiger partial charge < -0.3 is 10.1 Å². The number of nitrogens with one attached hydrogen (secondary N) is 1. The van der Waals surface area contributed by atoms with Crippen LogP contribution in [-0.4, -0.2) is 23.6 Å². The average Bonchev–Trinajstić information content (AvgIpc) is 2.74. The van der Waals surface area contributed by atoms with E-state index in [-0.39, 0.29) is 23.6 Å². The maximum absolute atomic E-state index is 12.9. The minimum absolute atomic E-state index is 0.159. The standard InChI is InChI=1S/C23H17FN2O3/c24-18-11-7-16(8-12-18)14-25-22(27)17-9-5-15(6-10-17)13-21-23(28)26-19-3-1-2-4-20(19)29-21/h1-13,20H,14H2,(H,25,27)/b21-13-. The lowest BCUT2D eigenvalue weighted by Crippen LogP contribution is -2.29. The van der Waals surface area contributed by atoms with Crippen molar-refractivity contribution in [3.8, 4) is 0 Å². The zero-order valence-corrected chi connectivity index (χ0v) is 15.3. The molecule has 0 aromatic heterocycles. The van der Waals surface area contributed by atoms with E-state index in [1.807, 2.05) is 12.2 Å². The fourth-order valence-corrected chi connectivity index (χ4v) is 2.94. The Balaban J connectivity index is 1.41. The number of carbonyl (C=O) groups excluding carboxylic acids is 2. The molecule has 1 heterocycles. The Bertz CT molecular complexity index is 1060. The highest BCUT2D eigenvalue weighted by molar-refractivity contribution is 6.13. The normalized spacial score (nSPS) is 18.8. The van der Waals surface area contributed by atoms with Gasteiger partial charge in [-0.3, -0.25) is 9.59 Å². The van der Waals surface area contributed by atoms with E-state index in [1.165, 1.54) is 12.1 Å². The van der Waals surface area contributed by atoms with Crippen LogP contribution in [-0.2, 0) is 16.1 Å². The Morgan fingerprint density at radius 1 is 1.10 bits per heavy atom. The number of nitrogens with zero attached hydrogens (tertiary/aromatic N) is 1.